The first-order valence-corrected chi connectivity index (χ1v) is 12.5. The van der Waals surface area contributed by atoms with Crippen LogP contribution in [0.25, 0.3) is 16.8 Å². The van der Waals surface area contributed by atoms with Gasteiger partial charge in [-0.25, -0.2) is 9.78 Å². The summed E-state index contributed by atoms with van der Waals surface area (Å²) >= 11 is 0. The number of carbonyl (C=O) groups is 1. The summed E-state index contributed by atoms with van der Waals surface area (Å²) in [5.41, 5.74) is 3.47. The maximum absolute atomic E-state index is 13.4. The average molecular weight is 477 g/mol. The van der Waals surface area contributed by atoms with Crippen LogP contribution in [0.1, 0.15) is 53.2 Å². The lowest BCUT2D eigenvalue weighted by Gasteiger charge is -2.24. The van der Waals surface area contributed by atoms with Crippen molar-refractivity contribution in [2.24, 2.45) is 5.92 Å². The zero-order valence-corrected chi connectivity index (χ0v) is 21.4. The third-order valence-electron chi connectivity index (χ3n) is 6.15. The summed E-state index contributed by atoms with van der Waals surface area (Å²) in [5.74, 6) is 0.525. The molecule has 1 aromatic carbocycles. The van der Waals surface area contributed by atoms with Gasteiger partial charge in [0, 0.05) is 31.0 Å². The number of pyridine rings is 1. The number of ether oxygens (including phenoxy) is 1. The summed E-state index contributed by atoms with van der Waals surface area (Å²) in [6, 6.07) is 13.7. The Hall–Kier alpha value is -3.35. The van der Waals surface area contributed by atoms with E-state index < -0.39 is 5.60 Å². The number of benzene rings is 1. The molecule has 1 N–H and O–H groups in total. The van der Waals surface area contributed by atoms with Gasteiger partial charge in [0.05, 0.1) is 11.3 Å². The Morgan fingerprint density at radius 2 is 1.91 bits per heavy atom. The largest absolute Gasteiger partial charge is 0.444 e. The maximum Gasteiger partial charge on any atom is 0.410 e. The lowest BCUT2D eigenvalue weighted by Crippen LogP contribution is -2.36. The minimum absolute atomic E-state index is 0.0427. The normalized spacial score (nSPS) is 16.2. The highest BCUT2D eigenvalue weighted by atomic mass is 16.6. The van der Waals surface area contributed by atoms with Crippen molar-refractivity contribution < 1.29 is 9.53 Å². The van der Waals surface area contributed by atoms with Crippen LogP contribution in [0, 0.1) is 5.92 Å². The van der Waals surface area contributed by atoms with Crippen molar-refractivity contribution in [1.82, 2.24) is 14.3 Å². The second kappa shape index (κ2) is 10.1. The summed E-state index contributed by atoms with van der Waals surface area (Å²) in [4.78, 5) is 32.4. The molecule has 35 heavy (non-hydrogen) atoms. The molecule has 1 aliphatic heterocycles. The summed E-state index contributed by atoms with van der Waals surface area (Å²) in [7, 11) is 0. The van der Waals surface area contributed by atoms with Crippen LogP contribution in [-0.4, -0.2) is 45.1 Å². The summed E-state index contributed by atoms with van der Waals surface area (Å²) in [5, 5.41) is 3.52. The van der Waals surface area contributed by atoms with Crippen LogP contribution in [-0.2, 0) is 11.2 Å². The van der Waals surface area contributed by atoms with E-state index in [0.717, 1.165) is 36.2 Å². The molecule has 0 aliphatic carbocycles. The van der Waals surface area contributed by atoms with Crippen LogP contribution in [0.15, 0.2) is 53.5 Å². The average Bonchev–Trinajstić information content (AvgIpc) is 3.26. The number of aryl methyl sites for hydroxylation is 1. The second-order valence-corrected chi connectivity index (χ2v) is 10.7. The zero-order valence-electron chi connectivity index (χ0n) is 21.4. The molecule has 1 unspecified atom stereocenters. The van der Waals surface area contributed by atoms with Gasteiger partial charge in [0.2, 0.25) is 0 Å². The van der Waals surface area contributed by atoms with E-state index in [1.165, 1.54) is 0 Å². The number of nitrogens with zero attached hydrogens (tertiary/aromatic N) is 3. The van der Waals surface area contributed by atoms with Crippen LogP contribution in [0.2, 0.25) is 0 Å². The van der Waals surface area contributed by atoms with Crippen LogP contribution in [0.3, 0.4) is 0 Å². The van der Waals surface area contributed by atoms with E-state index in [-0.39, 0.29) is 17.7 Å². The third-order valence-corrected chi connectivity index (χ3v) is 6.15. The van der Waals surface area contributed by atoms with Gasteiger partial charge in [-0.3, -0.25) is 9.20 Å². The molecule has 4 rings (SSSR count). The number of rotatable bonds is 6. The van der Waals surface area contributed by atoms with Gasteiger partial charge < -0.3 is 15.0 Å². The standard InChI is InChI=1S/C28H36N4O3/c1-19(2)9-14-23-25(26(33)32-16-7-6-8-24(32)30-23)20-10-12-21(13-11-20)29-22-15-17-31(18-22)27(34)35-28(3,4)5/h6-8,10-13,16,19,22,29H,9,14-15,17-18H2,1-5H3. The molecule has 0 saturated carbocycles. The monoisotopic (exact) mass is 476 g/mol. The molecule has 3 heterocycles. The first-order valence-electron chi connectivity index (χ1n) is 12.5. The number of likely N-dealkylation sites (tertiary alicyclic amines) is 1. The highest BCUT2D eigenvalue weighted by Gasteiger charge is 2.29. The van der Waals surface area contributed by atoms with E-state index in [2.05, 4.69) is 19.2 Å². The Kier molecular flexibility index (Phi) is 7.15. The summed E-state index contributed by atoms with van der Waals surface area (Å²) < 4.78 is 7.11. The highest BCUT2D eigenvalue weighted by Crippen LogP contribution is 2.25. The SMILES string of the molecule is CC(C)CCc1nc2ccccn2c(=O)c1-c1ccc(NC2CCN(C(=O)OC(C)(C)C)C2)cc1. The molecular weight excluding hydrogens is 440 g/mol. The highest BCUT2D eigenvalue weighted by molar-refractivity contribution is 5.70. The Morgan fingerprint density at radius 1 is 1.17 bits per heavy atom. The van der Waals surface area contributed by atoms with E-state index in [4.69, 9.17) is 9.72 Å². The Balaban J connectivity index is 1.52. The first kappa shape index (κ1) is 24.8. The lowest BCUT2D eigenvalue weighted by molar-refractivity contribution is 0.0293. The Bertz CT molecular complexity index is 1240. The van der Waals surface area contributed by atoms with Gasteiger partial charge >= 0.3 is 6.09 Å². The molecule has 0 radical (unpaired) electrons. The smallest absolute Gasteiger partial charge is 0.410 e. The van der Waals surface area contributed by atoms with Gasteiger partial charge in [-0.15, -0.1) is 0 Å². The number of hydrogen-bond donors (Lipinski definition) is 1. The molecule has 1 amide bonds. The van der Waals surface area contributed by atoms with Crippen molar-refractivity contribution in [3.63, 3.8) is 0 Å². The number of carbonyl (C=O) groups excluding carboxylic acids is 1. The van der Waals surface area contributed by atoms with E-state index in [1.54, 1.807) is 15.5 Å². The number of anilines is 1. The summed E-state index contributed by atoms with van der Waals surface area (Å²) in [6.07, 6.45) is 4.09. The molecule has 0 bridgehead atoms. The minimum Gasteiger partial charge on any atom is -0.444 e. The molecule has 1 atom stereocenters. The fraction of sp³-hybridized carbons (Fsp3) is 0.464. The van der Waals surface area contributed by atoms with Gasteiger partial charge in [-0.1, -0.05) is 32.0 Å². The molecular formula is C28H36N4O3. The van der Waals surface area contributed by atoms with E-state index in [9.17, 15) is 9.59 Å². The molecule has 1 fully saturated rings. The molecule has 7 nitrogen and oxygen atoms in total. The molecule has 186 valence electrons. The topological polar surface area (TPSA) is 75.9 Å². The van der Waals surface area contributed by atoms with Gasteiger partial charge in [-0.05, 0) is 75.8 Å². The van der Waals surface area contributed by atoms with Crippen LogP contribution >= 0.6 is 0 Å². The van der Waals surface area contributed by atoms with Crippen LogP contribution < -0.4 is 10.9 Å². The van der Waals surface area contributed by atoms with Crippen molar-refractivity contribution in [3.8, 4) is 11.1 Å². The molecule has 2 aromatic heterocycles. The first-order chi connectivity index (χ1) is 16.6. The fourth-order valence-corrected chi connectivity index (χ4v) is 4.37. The number of amides is 1. The van der Waals surface area contributed by atoms with E-state index >= 15 is 0 Å². The maximum atomic E-state index is 13.4. The van der Waals surface area contributed by atoms with Crippen molar-refractivity contribution in [3.05, 3.63) is 64.7 Å². The van der Waals surface area contributed by atoms with Crippen molar-refractivity contribution >= 4 is 17.4 Å². The van der Waals surface area contributed by atoms with Gasteiger partial charge in [0.15, 0.2) is 0 Å². The van der Waals surface area contributed by atoms with Crippen molar-refractivity contribution in [1.29, 1.82) is 0 Å². The molecule has 1 saturated heterocycles. The van der Waals surface area contributed by atoms with E-state index in [1.807, 2.05) is 63.2 Å². The Labute approximate surface area is 207 Å². The molecule has 3 aromatic rings. The fourth-order valence-electron chi connectivity index (χ4n) is 4.37. The summed E-state index contributed by atoms with van der Waals surface area (Å²) in [6.45, 7) is 11.3. The molecule has 0 spiro atoms. The minimum atomic E-state index is -0.497. The van der Waals surface area contributed by atoms with Crippen molar-refractivity contribution in [2.45, 2.75) is 65.5 Å². The van der Waals surface area contributed by atoms with Crippen LogP contribution in [0.4, 0.5) is 10.5 Å². The van der Waals surface area contributed by atoms with Crippen LogP contribution in [0.5, 0.6) is 0 Å². The third kappa shape index (κ3) is 6.02. The van der Waals surface area contributed by atoms with Crippen molar-refractivity contribution in [2.75, 3.05) is 18.4 Å². The predicted molar refractivity (Wildman–Crippen MR) is 140 cm³/mol. The predicted octanol–water partition coefficient (Wildman–Crippen LogP) is 5.37. The quantitative estimate of drug-likeness (QED) is 0.518. The number of aromatic nitrogens is 2. The zero-order chi connectivity index (χ0) is 25.2. The number of fused-ring (bicyclic) bond motifs is 1. The number of nitrogens with one attached hydrogen (secondary N) is 1. The molecule has 7 heteroatoms. The van der Waals surface area contributed by atoms with Gasteiger partial charge in [0.25, 0.3) is 5.56 Å². The second-order valence-electron chi connectivity index (χ2n) is 10.7. The lowest BCUT2D eigenvalue weighted by atomic mass is 9.99. The molecule has 1 aliphatic rings. The Morgan fingerprint density at radius 3 is 2.60 bits per heavy atom. The van der Waals surface area contributed by atoms with Gasteiger partial charge in [-0.2, -0.15) is 0 Å². The number of hydrogen-bond acceptors (Lipinski definition) is 5. The van der Waals surface area contributed by atoms with E-state index in [0.29, 0.717) is 30.2 Å². The van der Waals surface area contributed by atoms with Gasteiger partial charge in [0.1, 0.15) is 11.2 Å².